The van der Waals surface area contributed by atoms with Gasteiger partial charge >= 0.3 is 0 Å². The van der Waals surface area contributed by atoms with E-state index in [0.29, 0.717) is 11.9 Å². The lowest BCUT2D eigenvalue weighted by Gasteiger charge is -2.28. The molecular weight excluding hydrogens is 360 g/mol. The van der Waals surface area contributed by atoms with Gasteiger partial charge in [-0.05, 0) is 55.0 Å². The topological polar surface area (TPSA) is 67.2 Å². The normalized spacial score (nSPS) is 14.4. The first-order valence-corrected chi connectivity index (χ1v) is 10.2. The quantitative estimate of drug-likeness (QED) is 0.734. The monoisotopic (exact) mass is 382 g/mol. The van der Waals surface area contributed by atoms with E-state index in [0.717, 1.165) is 23.6 Å². The zero-order valence-electron chi connectivity index (χ0n) is 15.1. The van der Waals surface area contributed by atoms with E-state index in [-0.39, 0.29) is 17.9 Å². The molecule has 27 heavy (non-hydrogen) atoms. The molecule has 1 saturated heterocycles. The molecule has 0 unspecified atom stereocenters. The Morgan fingerprint density at radius 3 is 2.67 bits per heavy atom. The Hall–Kier alpha value is -2.67. The minimum atomic E-state index is -0.113. The Morgan fingerprint density at radius 1 is 1.11 bits per heavy atom. The summed E-state index contributed by atoms with van der Waals surface area (Å²) < 4.78 is 1.49. The van der Waals surface area contributed by atoms with Gasteiger partial charge in [-0.25, -0.2) is 4.98 Å². The molecule has 0 bridgehead atoms. The van der Waals surface area contributed by atoms with E-state index in [1.807, 2.05) is 17.5 Å². The number of aryl methyl sites for hydroxylation is 1. The van der Waals surface area contributed by atoms with E-state index in [4.69, 9.17) is 0 Å². The van der Waals surface area contributed by atoms with Gasteiger partial charge in [-0.2, -0.15) is 0 Å². The van der Waals surface area contributed by atoms with Gasteiger partial charge in [-0.3, -0.25) is 14.2 Å². The van der Waals surface area contributed by atoms with E-state index in [1.54, 1.807) is 6.07 Å². The number of anilines is 2. The average Bonchev–Trinajstić information content (AvgIpc) is 3.18. The van der Waals surface area contributed by atoms with E-state index < -0.39 is 0 Å². The lowest BCUT2D eigenvalue weighted by atomic mass is 10.1. The Bertz CT molecular complexity index is 987. The molecule has 0 atom stereocenters. The van der Waals surface area contributed by atoms with Crippen LogP contribution in [-0.4, -0.2) is 28.5 Å². The largest absolute Gasteiger partial charge is 0.372 e. The van der Waals surface area contributed by atoms with Crippen molar-refractivity contribution in [3.8, 4) is 0 Å². The van der Waals surface area contributed by atoms with Crippen LogP contribution in [-0.2, 0) is 11.3 Å². The van der Waals surface area contributed by atoms with Crippen molar-refractivity contribution in [1.82, 2.24) is 9.55 Å². The van der Waals surface area contributed by atoms with E-state index in [9.17, 15) is 9.59 Å². The summed E-state index contributed by atoms with van der Waals surface area (Å²) in [6, 6.07) is 9.76. The SMILES string of the molecule is O=C(CCn1cnc2sccc2c1=O)Nc1ccc(N2CCCCC2)cc1. The maximum atomic E-state index is 12.3. The molecule has 3 aromatic rings. The number of amides is 1. The zero-order chi connectivity index (χ0) is 18.6. The third kappa shape index (κ3) is 4.03. The number of fused-ring (bicyclic) bond motifs is 1. The number of carbonyl (C=O) groups is 1. The Balaban J connectivity index is 1.34. The van der Waals surface area contributed by atoms with Crippen LogP contribution in [0.3, 0.4) is 0 Å². The second-order valence-electron chi connectivity index (χ2n) is 6.78. The van der Waals surface area contributed by atoms with Crippen molar-refractivity contribution in [2.75, 3.05) is 23.3 Å². The Kier molecular flexibility index (Phi) is 5.20. The molecule has 0 spiro atoms. The van der Waals surface area contributed by atoms with Gasteiger partial charge in [0.1, 0.15) is 4.83 Å². The minimum Gasteiger partial charge on any atom is -0.372 e. The summed E-state index contributed by atoms with van der Waals surface area (Å²) >= 11 is 1.44. The smallest absolute Gasteiger partial charge is 0.262 e. The lowest BCUT2D eigenvalue weighted by Crippen LogP contribution is -2.29. The van der Waals surface area contributed by atoms with Crippen molar-refractivity contribution in [2.24, 2.45) is 0 Å². The number of nitrogens with one attached hydrogen (secondary N) is 1. The molecule has 0 aliphatic carbocycles. The van der Waals surface area contributed by atoms with Crippen molar-refractivity contribution in [3.63, 3.8) is 0 Å². The molecule has 1 amide bonds. The Morgan fingerprint density at radius 2 is 1.89 bits per heavy atom. The first kappa shape index (κ1) is 17.7. The maximum Gasteiger partial charge on any atom is 0.262 e. The van der Waals surface area contributed by atoms with Gasteiger partial charge in [0, 0.05) is 37.4 Å². The van der Waals surface area contributed by atoms with Gasteiger partial charge in [-0.1, -0.05) is 0 Å². The van der Waals surface area contributed by atoms with Crippen LogP contribution in [0.1, 0.15) is 25.7 Å². The van der Waals surface area contributed by atoms with Crippen LogP contribution < -0.4 is 15.8 Å². The summed E-state index contributed by atoms with van der Waals surface area (Å²) in [6.45, 7) is 2.52. The molecule has 2 aromatic heterocycles. The number of rotatable bonds is 5. The van der Waals surface area contributed by atoms with Gasteiger partial charge in [-0.15, -0.1) is 11.3 Å². The molecule has 140 valence electrons. The molecule has 3 heterocycles. The van der Waals surface area contributed by atoms with E-state index in [2.05, 4.69) is 27.3 Å². The summed E-state index contributed by atoms with van der Waals surface area (Å²) in [6.07, 6.45) is 5.53. The maximum absolute atomic E-state index is 12.3. The minimum absolute atomic E-state index is 0.0973. The number of hydrogen-bond donors (Lipinski definition) is 1. The highest BCUT2D eigenvalue weighted by Crippen LogP contribution is 2.22. The molecule has 0 radical (unpaired) electrons. The highest BCUT2D eigenvalue weighted by atomic mass is 32.1. The third-order valence-electron chi connectivity index (χ3n) is 4.90. The second-order valence-corrected chi connectivity index (χ2v) is 7.67. The van der Waals surface area contributed by atoms with Crippen LogP contribution in [0, 0.1) is 0 Å². The van der Waals surface area contributed by atoms with Gasteiger partial charge in [0.15, 0.2) is 0 Å². The number of aromatic nitrogens is 2. The first-order valence-electron chi connectivity index (χ1n) is 9.28. The van der Waals surface area contributed by atoms with Crippen molar-refractivity contribution in [1.29, 1.82) is 0 Å². The van der Waals surface area contributed by atoms with Crippen molar-refractivity contribution >= 4 is 38.8 Å². The fourth-order valence-corrected chi connectivity index (χ4v) is 4.13. The summed E-state index contributed by atoms with van der Waals surface area (Å²) in [7, 11) is 0. The second kappa shape index (κ2) is 7.92. The number of carbonyl (C=O) groups excluding carboxylic acids is 1. The molecule has 6 nitrogen and oxygen atoms in total. The number of nitrogens with zero attached hydrogens (tertiary/aromatic N) is 3. The summed E-state index contributed by atoms with van der Waals surface area (Å²) in [5, 5.41) is 5.36. The van der Waals surface area contributed by atoms with Crippen LogP contribution in [0.2, 0.25) is 0 Å². The third-order valence-corrected chi connectivity index (χ3v) is 5.72. The van der Waals surface area contributed by atoms with Crippen LogP contribution in [0.4, 0.5) is 11.4 Å². The molecule has 0 saturated carbocycles. The molecule has 7 heteroatoms. The van der Waals surface area contributed by atoms with Crippen molar-refractivity contribution < 1.29 is 4.79 Å². The number of hydrogen-bond acceptors (Lipinski definition) is 5. The molecule has 4 rings (SSSR count). The van der Waals surface area contributed by atoms with Gasteiger partial charge in [0.05, 0.1) is 11.7 Å². The van der Waals surface area contributed by atoms with Crippen molar-refractivity contribution in [3.05, 3.63) is 52.4 Å². The molecule has 1 N–H and O–H groups in total. The van der Waals surface area contributed by atoms with Crippen LogP contribution in [0.25, 0.3) is 10.2 Å². The Labute approximate surface area is 161 Å². The first-order chi connectivity index (χ1) is 13.2. The summed E-state index contributed by atoms with van der Waals surface area (Å²) in [5.41, 5.74) is 1.88. The van der Waals surface area contributed by atoms with Crippen molar-refractivity contribution in [2.45, 2.75) is 32.2 Å². The molecule has 1 fully saturated rings. The number of benzene rings is 1. The van der Waals surface area contributed by atoms with E-state index >= 15 is 0 Å². The number of thiophene rings is 1. The van der Waals surface area contributed by atoms with Gasteiger partial charge in [0.2, 0.25) is 5.91 Å². The zero-order valence-corrected chi connectivity index (χ0v) is 15.9. The van der Waals surface area contributed by atoms with E-state index in [1.165, 1.54) is 47.2 Å². The van der Waals surface area contributed by atoms with Crippen LogP contribution in [0.5, 0.6) is 0 Å². The summed E-state index contributed by atoms with van der Waals surface area (Å²) in [5.74, 6) is -0.113. The molecular formula is C20H22N4O2S. The predicted octanol–water partition coefficient (Wildman–Crippen LogP) is 3.48. The highest BCUT2D eigenvalue weighted by Gasteiger charge is 2.11. The molecule has 1 aromatic carbocycles. The average molecular weight is 382 g/mol. The fourth-order valence-electron chi connectivity index (χ4n) is 3.41. The number of piperidine rings is 1. The highest BCUT2D eigenvalue weighted by molar-refractivity contribution is 7.16. The van der Waals surface area contributed by atoms with Crippen LogP contribution in [0.15, 0.2) is 46.8 Å². The summed E-state index contributed by atoms with van der Waals surface area (Å²) in [4.78, 5) is 32.0. The van der Waals surface area contributed by atoms with Gasteiger partial charge < -0.3 is 10.2 Å². The molecule has 1 aliphatic heterocycles. The predicted molar refractivity (Wildman–Crippen MR) is 110 cm³/mol. The van der Waals surface area contributed by atoms with Gasteiger partial charge in [0.25, 0.3) is 5.56 Å². The lowest BCUT2D eigenvalue weighted by molar-refractivity contribution is -0.116. The fraction of sp³-hybridized carbons (Fsp3) is 0.350. The standard InChI is InChI=1S/C20H22N4O2S/c25-18(8-12-24-14-21-19-17(20(24)26)9-13-27-19)22-15-4-6-16(7-5-15)23-10-2-1-3-11-23/h4-7,9,13-14H,1-3,8,10-12H2,(H,22,25). The molecule has 1 aliphatic rings. The van der Waals surface area contributed by atoms with Crippen LogP contribution >= 0.6 is 11.3 Å².